The standard InChI is InChI=1S/C8H11NO2.ClH/c10-7-1-2-8(11)6-4-9-3-5(6)7;/h5-6,9H,1-4H2;1H. The Hall–Kier alpha value is -0.410. The van der Waals surface area contributed by atoms with Crippen molar-refractivity contribution in [2.75, 3.05) is 13.1 Å². The van der Waals surface area contributed by atoms with Crippen LogP contribution < -0.4 is 5.32 Å². The van der Waals surface area contributed by atoms with Crippen molar-refractivity contribution in [3.63, 3.8) is 0 Å². The average molecular weight is 190 g/mol. The number of carbonyl (C=O) groups is 2. The third-order valence-electron chi connectivity index (χ3n) is 2.66. The van der Waals surface area contributed by atoms with Crippen LogP contribution in [0.3, 0.4) is 0 Å². The maximum absolute atomic E-state index is 11.2. The quantitative estimate of drug-likeness (QED) is 0.591. The second-order valence-electron chi connectivity index (χ2n) is 3.30. The van der Waals surface area contributed by atoms with Gasteiger partial charge in [0, 0.05) is 37.8 Å². The predicted octanol–water partition coefficient (Wildman–Crippen LogP) is 0.176. The number of hydrogen-bond acceptors (Lipinski definition) is 3. The summed E-state index contributed by atoms with van der Waals surface area (Å²) in [5, 5.41) is 3.08. The van der Waals surface area contributed by atoms with E-state index < -0.39 is 0 Å². The first kappa shape index (κ1) is 9.68. The van der Waals surface area contributed by atoms with Gasteiger partial charge in [-0.15, -0.1) is 12.4 Å². The van der Waals surface area contributed by atoms with Crippen molar-refractivity contribution in [3.8, 4) is 0 Å². The largest absolute Gasteiger partial charge is 0.315 e. The molecule has 68 valence electrons. The van der Waals surface area contributed by atoms with E-state index in [1.165, 1.54) is 0 Å². The normalized spacial score (nSPS) is 34.3. The van der Waals surface area contributed by atoms with E-state index >= 15 is 0 Å². The van der Waals surface area contributed by atoms with E-state index in [1.54, 1.807) is 0 Å². The molecule has 2 atom stereocenters. The highest BCUT2D eigenvalue weighted by atomic mass is 35.5. The van der Waals surface area contributed by atoms with Crippen molar-refractivity contribution in [1.82, 2.24) is 5.32 Å². The molecule has 1 heterocycles. The maximum Gasteiger partial charge on any atom is 0.138 e. The third-order valence-corrected chi connectivity index (χ3v) is 2.66. The molecular formula is C8H12ClNO2. The van der Waals surface area contributed by atoms with Gasteiger partial charge < -0.3 is 5.32 Å². The number of halogens is 1. The molecule has 2 aliphatic rings. The van der Waals surface area contributed by atoms with Gasteiger partial charge in [-0.2, -0.15) is 0 Å². The van der Waals surface area contributed by atoms with Gasteiger partial charge in [-0.05, 0) is 0 Å². The molecule has 1 aliphatic heterocycles. The lowest BCUT2D eigenvalue weighted by Crippen LogP contribution is -2.33. The second-order valence-corrected chi connectivity index (χ2v) is 3.30. The summed E-state index contributed by atoms with van der Waals surface area (Å²) in [4.78, 5) is 22.5. The van der Waals surface area contributed by atoms with E-state index in [-0.39, 0.29) is 35.8 Å². The van der Waals surface area contributed by atoms with Crippen molar-refractivity contribution in [1.29, 1.82) is 0 Å². The summed E-state index contributed by atoms with van der Waals surface area (Å²) in [5.74, 6) is 0.576. The van der Waals surface area contributed by atoms with Crippen molar-refractivity contribution in [2.24, 2.45) is 11.8 Å². The average Bonchev–Trinajstić information content (AvgIpc) is 2.45. The Morgan fingerprint density at radius 2 is 1.42 bits per heavy atom. The van der Waals surface area contributed by atoms with Crippen molar-refractivity contribution in [3.05, 3.63) is 0 Å². The van der Waals surface area contributed by atoms with Crippen LogP contribution in [0.1, 0.15) is 12.8 Å². The minimum absolute atomic E-state index is 0. The Bertz CT molecular complexity index is 195. The monoisotopic (exact) mass is 189 g/mol. The molecule has 0 radical (unpaired) electrons. The molecule has 1 saturated heterocycles. The van der Waals surface area contributed by atoms with E-state index in [1.807, 2.05) is 0 Å². The molecule has 0 aromatic heterocycles. The molecule has 2 rings (SSSR count). The molecule has 0 aromatic carbocycles. The molecule has 1 N–H and O–H groups in total. The smallest absolute Gasteiger partial charge is 0.138 e. The van der Waals surface area contributed by atoms with Crippen molar-refractivity contribution in [2.45, 2.75) is 12.8 Å². The van der Waals surface area contributed by atoms with E-state index in [0.29, 0.717) is 12.8 Å². The Labute approximate surface area is 77.3 Å². The van der Waals surface area contributed by atoms with Crippen LogP contribution in [-0.4, -0.2) is 24.7 Å². The molecule has 2 fully saturated rings. The molecule has 0 aromatic rings. The van der Waals surface area contributed by atoms with Gasteiger partial charge in [-0.1, -0.05) is 0 Å². The number of rotatable bonds is 0. The fraction of sp³-hybridized carbons (Fsp3) is 0.750. The van der Waals surface area contributed by atoms with Crippen molar-refractivity contribution < 1.29 is 9.59 Å². The zero-order chi connectivity index (χ0) is 7.84. The highest BCUT2D eigenvalue weighted by molar-refractivity contribution is 5.97. The fourth-order valence-electron chi connectivity index (χ4n) is 1.97. The van der Waals surface area contributed by atoms with Gasteiger partial charge in [0.15, 0.2) is 0 Å². The van der Waals surface area contributed by atoms with Gasteiger partial charge in [-0.25, -0.2) is 0 Å². The minimum atomic E-state index is 0. The summed E-state index contributed by atoms with van der Waals surface area (Å²) < 4.78 is 0. The first-order valence-corrected chi connectivity index (χ1v) is 4.05. The lowest BCUT2D eigenvalue weighted by Gasteiger charge is -2.20. The van der Waals surface area contributed by atoms with E-state index in [9.17, 15) is 9.59 Å². The number of nitrogens with one attached hydrogen (secondary N) is 1. The number of hydrogen-bond donors (Lipinski definition) is 1. The molecule has 1 aliphatic carbocycles. The summed E-state index contributed by atoms with van der Waals surface area (Å²) in [5.41, 5.74) is 0. The minimum Gasteiger partial charge on any atom is -0.315 e. The zero-order valence-corrected chi connectivity index (χ0v) is 7.52. The molecule has 0 spiro atoms. The van der Waals surface area contributed by atoms with Gasteiger partial charge in [0.25, 0.3) is 0 Å². The Balaban J connectivity index is 0.000000720. The Morgan fingerprint density at radius 3 is 1.83 bits per heavy atom. The van der Waals surface area contributed by atoms with Crippen LogP contribution in [0, 0.1) is 11.8 Å². The lowest BCUT2D eigenvalue weighted by molar-refractivity contribution is -0.135. The van der Waals surface area contributed by atoms with Gasteiger partial charge in [0.1, 0.15) is 11.6 Å². The SMILES string of the molecule is Cl.O=C1CCC(=O)C2CNCC12. The van der Waals surface area contributed by atoms with Crippen LogP contribution in [-0.2, 0) is 9.59 Å². The molecule has 1 saturated carbocycles. The zero-order valence-electron chi connectivity index (χ0n) is 6.71. The first-order chi connectivity index (χ1) is 5.29. The van der Waals surface area contributed by atoms with E-state index in [0.717, 1.165) is 13.1 Å². The topological polar surface area (TPSA) is 46.2 Å². The molecule has 3 nitrogen and oxygen atoms in total. The van der Waals surface area contributed by atoms with Gasteiger partial charge >= 0.3 is 0 Å². The van der Waals surface area contributed by atoms with E-state index in [2.05, 4.69) is 5.32 Å². The van der Waals surface area contributed by atoms with E-state index in [4.69, 9.17) is 0 Å². The molecule has 12 heavy (non-hydrogen) atoms. The lowest BCUT2D eigenvalue weighted by atomic mass is 9.80. The highest BCUT2D eigenvalue weighted by Gasteiger charge is 2.40. The first-order valence-electron chi connectivity index (χ1n) is 4.05. The molecule has 4 heteroatoms. The molecular weight excluding hydrogens is 178 g/mol. The molecule has 0 bridgehead atoms. The summed E-state index contributed by atoms with van der Waals surface area (Å²) >= 11 is 0. The maximum atomic E-state index is 11.2. The summed E-state index contributed by atoms with van der Waals surface area (Å²) in [7, 11) is 0. The highest BCUT2D eigenvalue weighted by Crippen LogP contribution is 2.26. The number of carbonyl (C=O) groups excluding carboxylic acids is 2. The van der Waals surface area contributed by atoms with Crippen LogP contribution in [0.5, 0.6) is 0 Å². The summed E-state index contributed by atoms with van der Waals surface area (Å²) in [6, 6.07) is 0. The third kappa shape index (κ3) is 1.39. The van der Waals surface area contributed by atoms with Crippen LogP contribution in [0.2, 0.25) is 0 Å². The van der Waals surface area contributed by atoms with Crippen LogP contribution >= 0.6 is 12.4 Å². The van der Waals surface area contributed by atoms with Gasteiger partial charge in [-0.3, -0.25) is 9.59 Å². The Kier molecular flexibility index (Phi) is 2.85. The number of Topliss-reactive ketones (excluding diaryl/α,β-unsaturated/α-hetero) is 2. The van der Waals surface area contributed by atoms with Gasteiger partial charge in [0.2, 0.25) is 0 Å². The Morgan fingerprint density at radius 1 is 1.00 bits per heavy atom. The van der Waals surface area contributed by atoms with Gasteiger partial charge in [0.05, 0.1) is 0 Å². The predicted molar refractivity (Wildman–Crippen MR) is 46.3 cm³/mol. The van der Waals surface area contributed by atoms with Crippen LogP contribution in [0.15, 0.2) is 0 Å². The summed E-state index contributed by atoms with van der Waals surface area (Å²) in [6.07, 6.45) is 0.948. The molecule has 2 unspecified atom stereocenters. The van der Waals surface area contributed by atoms with Crippen molar-refractivity contribution >= 4 is 24.0 Å². The summed E-state index contributed by atoms with van der Waals surface area (Å²) in [6.45, 7) is 1.44. The number of ketones is 2. The van der Waals surface area contributed by atoms with Crippen LogP contribution in [0.4, 0.5) is 0 Å². The van der Waals surface area contributed by atoms with Crippen LogP contribution in [0.25, 0.3) is 0 Å². The number of fused-ring (bicyclic) bond motifs is 1. The second kappa shape index (κ2) is 3.54. The molecule has 0 amide bonds. The fourth-order valence-corrected chi connectivity index (χ4v) is 1.97.